The van der Waals surface area contributed by atoms with Gasteiger partial charge in [-0.2, -0.15) is 0 Å². The summed E-state index contributed by atoms with van der Waals surface area (Å²) in [5, 5.41) is 3.17. The van der Waals surface area contributed by atoms with Crippen molar-refractivity contribution in [1.82, 2.24) is 14.9 Å². The summed E-state index contributed by atoms with van der Waals surface area (Å²) in [4.78, 5) is 17.8. The molecule has 33 heavy (non-hydrogen) atoms. The van der Waals surface area contributed by atoms with Crippen LogP contribution < -0.4 is 5.32 Å². The zero-order valence-electron chi connectivity index (χ0n) is 20.8. The number of amides is 1. The summed E-state index contributed by atoms with van der Waals surface area (Å²) >= 11 is 0. The molecule has 0 radical (unpaired) electrons. The Morgan fingerprint density at radius 1 is 0.879 bits per heavy atom. The Bertz CT molecular complexity index is 1010. The smallest absolute Gasteiger partial charge is 0.252 e. The zero-order valence-corrected chi connectivity index (χ0v) is 20.8. The molecule has 4 nitrogen and oxygen atoms in total. The molecule has 1 heterocycles. The van der Waals surface area contributed by atoms with E-state index < -0.39 is 0 Å². The molecule has 178 valence electrons. The van der Waals surface area contributed by atoms with Crippen molar-refractivity contribution in [2.45, 2.75) is 97.6 Å². The van der Waals surface area contributed by atoms with E-state index in [9.17, 15) is 4.79 Å². The monoisotopic (exact) mass is 447 g/mol. The van der Waals surface area contributed by atoms with Gasteiger partial charge in [0.05, 0.1) is 17.1 Å². The van der Waals surface area contributed by atoms with Crippen LogP contribution in [0.2, 0.25) is 0 Å². The molecule has 4 heteroatoms. The van der Waals surface area contributed by atoms with Gasteiger partial charge in [0.1, 0.15) is 5.82 Å². The van der Waals surface area contributed by atoms with Crippen LogP contribution in [0.3, 0.4) is 0 Å². The molecule has 0 saturated heterocycles. The van der Waals surface area contributed by atoms with E-state index in [1.165, 1.54) is 57.8 Å². The quantitative estimate of drug-likeness (QED) is 0.257. The fourth-order valence-corrected chi connectivity index (χ4v) is 4.58. The van der Waals surface area contributed by atoms with Crippen LogP contribution in [0, 0.1) is 6.92 Å². The Kier molecular flexibility index (Phi) is 9.99. The maximum absolute atomic E-state index is 12.9. The third-order valence-corrected chi connectivity index (χ3v) is 6.54. The number of hydrogen-bond donors (Lipinski definition) is 1. The molecule has 2 aromatic carbocycles. The van der Waals surface area contributed by atoms with Crippen molar-refractivity contribution in [3.63, 3.8) is 0 Å². The van der Waals surface area contributed by atoms with Crippen LogP contribution in [0.4, 0.5) is 0 Å². The lowest BCUT2D eigenvalue weighted by atomic mass is 10.1. The average molecular weight is 448 g/mol. The van der Waals surface area contributed by atoms with Crippen molar-refractivity contribution in [2.75, 3.05) is 0 Å². The van der Waals surface area contributed by atoms with Gasteiger partial charge in [-0.05, 0) is 44.0 Å². The van der Waals surface area contributed by atoms with Gasteiger partial charge in [0.15, 0.2) is 0 Å². The molecule has 3 rings (SSSR count). The number of imidazole rings is 1. The van der Waals surface area contributed by atoms with E-state index in [1.54, 1.807) is 0 Å². The molecule has 0 fully saturated rings. The lowest BCUT2D eigenvalue weighted by molar-refractivity contribution is 0.0937. The molecule has 0 spiro atoms. The maximum atomic E-state index is 12.9. The minimum Gasteiger partial charge on any atom is -0.342 e. The number of fused-ring (bicyclic) bond motifs is 1. The van der Waals surface area contributed by atoms with Crippen LogP contribution in [0.25, 0.3) is 11.0 Å². The summed E-state index contributed by atoms with van der Waals surface area (Å²) in [6.07, 6.45) is 13.3. The molecule has 0 saturated carbocycles. The largest absolute Gasteiger partial charge is 0.342 e. The van der Waals surface area contributed by atoms with Crippen molar-refractivity contribution < 1.29 is 4.79 Å². The molecule has 0 aliphatic heterocycles. The molecule has 0 aliphatic carbocycles. The van der Waals surface area contributed by atoms with Crippen molar-refractivity contribution in [3.05, 3.63) is 65.5 Å². The minimum absolute atomic E-state index is 0.0434. The zero-order chi connectivity index (χ0) is 23.5. The molecule has 1 aromatic heterocycles. The second-order valence-electron chi connectivity index (χ2n) is 9.30. The summed E-state index contributed by atoms with van der Waals surface area (Å²) in [7, 11) is 0. The van der Waals surface area contributed by atoms with Crippen LogP contribution in [0.15, 0.2) is 48.5 Å². The predicted octanol–water partition coefficient (Wildman–Crippen LogP) is 7.76. The third kappa shape index (κ3) is 7.18. The Morgan fingerprint density at radius 2 is 1.48 bits per heavy atom. The number of aryl methyl sites for hydroxylation is 2. The van der Waals surface area contributed by atoms with Gasteiger partial charge < -0.3 is 9.88 Å². The number of nitrogens with zero attached hydrogens (tertiary/aromatic N) is 2. The van der Waals surface area contributed by atoms with Crippen molar-refractivity contribution >= 4 is 16.9 Å². The van der Waals surface area contributed by atoms with Crippen LogP contribution in [-0.2, 0) is 6.54 Å². The average Bonchev–Trinajstić information content (AvgIpc) is 3.19. The Labute approximate surface area is 199 Å². The summed E-state index contributed by atoms with van der Waals surface area (Å²) in [5.74, 6) is 0.896. The van der Waals surface area contributed by atoms with Crippen LogP contribution >= 0.6 is 0 Å². The van der Waals surface area contributed by atoms with E-state index in [4.69, 9.17) is 4.98 Å². The number of hydrogen-bond acceptors (Lipinski definition) is 2. The van der Waals surface area contributed by atoms with Crippen molar-refractivity contribution in [2.24, 2.45) is 0 Å². The summed E-state index contributed by atoms with van der Waals surface area (Å²) in [5.41, 5.74) is 3.86. The van der Waals surface area contributed by atoms with E-state index in [-0.39, 0.29) is 11.9 Å². The van der Waals surface area contributed by atoms with Crippen LogP contribution in [0.1, 0.15) is 106 Å². The van der Waals surface area contributed by atoms with Gasteiger partial charge in [0.2, 0.25) is 0 Å². The Balaban J connectivity index is 1.57. The van der Waals surface area contributed by atoms with E-state index >= 15 is 0 Å². The molecule has 1 atom stereocenters. The first-order valence-corrected chi connectivity index (χ1v) is 12.9. The lowest BCUT2D eigenvalue weighted by Crippen LogP contribution is -2.29. The maximum Gasteiger partial charge on any atom is 0.252 e. The van der Waals surface area contributed by atoms with E-state index in [2.05, 4.69) is 35.0 Å². The molecular formula is C29H41N3O. The van der Waals surface area contributed by atoms with Crippen LogP contribution in [-0.4, -0.2) is 15.5 Å². The molecule has 1 N–H and O–H groups in total. The summed E-state index contributed by atoms with van der Waals surface area (Å²) < 4.78 is 2.31. The summed E-state index contributed by atoms with van der Waals surface area (Å²) in [6, 6.07) is 15.9. The van der Waals surface area contributed by atoms with Gasteiger partial charge >= 0.3 is 0 Å². The van der Waals surface area contributed by atoms with Gasteiger partial charge in [-0.1, -0.05) is 95.0 Å². The number of benzene rings is 2. The first-order chi connectivity index (χ1) is 16.1. The third-order valence-electron chi connectivity index (χ3n) is 6.54. The molecule has 0 bridgehead atoms. The van der Waals surface area contributed by atoms with E-state index in [0.29, 0.717) is 0 Å². The normalized spacial score (nSPS) is 12.2. The van der Waals surface area contributed by atoms with Gasteiger partial charge in [-0.15, -0.1) is 0 Å². The number of unbranched alkanes of at least 4 members (excludes halogenated alkanes) is 9. The lowest BCUT2D eigenvalue weighted by Gasteiger charge is -2.17. The van der Waals surface area contributed by atoms with E-state index in [0.717, 1.165) is 41.0 Å². The fraction of sp³-hybridized carbons (Fsp3) is 0.517. The van der Waals surface area contributed by atoms with E-state index in [1.807, 2.05) is 44.2 Å². The second-order valence-corrected chi connectivity index (χ2v) is 9.30. The first-order valence-electron chi connectivity index (χ1n) is 12.9. The number of aromatic nitrogens is 2. The standard InChI is InChI=1S/C29H41N3O/c1-4-5-6-7-8-9-10-11-12-17-22-32-27-21-16-15-20-26(27)31-28(32)24(3)30-29(33)25-19-14-13-18-23(25)2/h13-16,18-21,24H,4-12,17,22H2,1-3H3,(H,30,33). The summed E-state index contributed by atoms with van der Waals surface area (Å²) in [6.45, 7) is 7.22. The molecule has 3 aromatic rings. The van der Waals surface area contributed by atoms with Gasteiger partial charge in [0, 0.05) is 12.1 Å². The van der Waals surface area contributed by atoms with Crippen LogP contribution in [0.5, 0.6) is 0 Å². The van der Waals surface area contributed by atoms with Gasteiger partial charge in [0.25, 0.3) is 5.91 Å². The second kappa shape index (κ2) is 13.2. The number of nitrogens with one attached hydrogen (secondary N) is 1. The van der Waals surface area contributed by atoms with Gasteiger partial charge in [-0.3, -0.25) is 4.79 Å². The Hall–Kier alpha value is -2.62. The number of carbonyl (C=O) groups is 1. The number of rotatable bonds is 14. The SMILES string of the molecule is CCCCCCCCCCCCn1c(C(C)NC(=O)c2ccccc2C)nc2ccccc21. The predicted molar refractivity (Wildman–Crippen MR) is 139 cm³/mol. The molecule has 1 unspecified atom stereocenters. The topological polar surface area (TPSA) is 46.9 Å². The van der Waals surface area contributed by atoms with Crippen molar-refractivity contribution in [1.29, 1.82) is 0 Å². The number of carbonyl (C=O) groups excluding carboxylic acids is 1. The fourth-order valence-electron chi connectivity index (χ4n) is 4.58. The highest BCUT2D eigenvalue weighted by Gasteiger charge is 2.19. The van der Waals surface area contributed by atoms with Gasteiger partial charge in [-0.25, -0.2) is 4.98 Å². The highest BCUT2D eigenvalue weighted by molar-refractivity contribution is 5.95. The molecule has 0 aliphatic rings. The highest BCUT2D eigenvalue weighted by atomic mass is 16.1. The van der Waals surface area contributed by atoms with Crippen molar-refractivity contribution in [3.8, 4) is 0 Å². The number of para-hydroxylation sites is 2. The molecular weight excluding hydrogens is 406 g/mol. The minimum atomic E-state index is -0.160. The first kappa shape index (κ1) is 25.0. The Morgan fingerprint density at radius 3 is 2.18 bits per heavy atom. The molecule has 1 amide bonds. The highest BCUT2D eigenvalue weighted by Crippen LogP contribution is 2.23.